The summed E-state index contributed by atoms with van der Waals surface area (Å²) in [5.41, 5.74) is 7.45. The maximum atomic E-state index is 12.9. The Kier molecular flexibility index (Phi) is 3.10. The van der Waals surface area contributed by atoms with E-state index in [-0.39, 0.29) is 13.0 Å². The normalized spacial score (nSPS) is 20.1. The van der Waals surface area contributed by atoms with Crippen LogP contribution < -0.4 is 5.73 Å². The predicted octanol–water partition coefficient (Wildman–Crippen LogP) is 2.15. The van der Waals surface area contributed by atoms with Gasteiger partial charge in [-0.1, -0.05) is 12.1 Å². The van der Waals surface area contributed by atoms with E-state index in [9.17, 15) is 8.78 Å². The Morgan fingerprint density at radius 1 is 1.25 bits per heavy atom. The second-order valence-corrected chi connectivity index (χ2v) is 4.37. The topological polar surface area (TPSA) is 29.3 Å². The lowest BCUT2D eigenvalue weighted by atomic mass is 10.1. The molecule has 0 saturated carbocycles. The van der Waals surface area contributed by atoms with Crippen molar-refractivity contribution in [3.05, 3.63) is 29.8 Å². The molecule has 4 heteroatoms. The number of halogens is 2. The second kappa shape index (κ2) is 4.37. The first-order valence-electron chi connectivity index (χ1n) is 5.50. The second-order valence-electron chi connectivity index (χ2n) is 4.37. The molecule has 1 fully saturated rings. The highest BCUT2D eigenvalue weighted by molar-refractivity contribution is 5.39. The van der Waals surface area contributed by atoms with E-state index in [1.807, 2.05) is 29.2 Å². The van der Waals surface area contributed by atoms with E-state index in [0.717, 1.165) is 17.7 Å². The van der Waals surface area contributed by atoms with Gasteiger partial charge in [-0.25, -0.2) is 8.78 Å². The third-order valence-corrected chi connectivity index (χ3v) is 2.95. The minimum Gasteiger partial charge on any atom is -0.399 e. The van der Waals surface area contributed by atoms with Crippen LogP contribution in [0.25, 0.3) is 0 Å². The van der Waals surface area contributed by atoms with Crippen LogP contribution in [0.2, 0.25) is 0 Å². The number of rotatable bonds is 3. The Balaban J connectivity index is 1.82. The number of nitrogen functional groups attached to an aromatic ring is 1. The summed E-state index contributed by atoms with van der Waals surface area (Å²) in [5.74, 6) is -2.49. The highest BCUT2D eigenvalue weighted by Crippen LogP contribution is 2.26. The summed E-state index contributed by atoms with van der Waals surface area (Å²) in [6.45, 7) is 1.10. The molecule has 0 unspecified atom stereocenters. The number of benzene rings is 1. The van der Waals surface area contributed by atoms with Crippen LogP contribution in [0, 0.1) is 0 Å². The highest BCUT2D eigenvalue weighted by atomic mass is 19.3. The van der Waals surface area contributed by atoms with E-state index in [2.05, 4.69) is 0 Å². The Morgan fingerprint density at radius 2 is 1.94 bits per heavy atom. The summed E-state index contributed by atoms with van der Waals surface area (Å²) < 4.78 is 25.8. The molecule has 0 radical (unpaired) electrons. The Hall–Kier alpha value is -1.16. The van der Waals surface area contributed by atoms with Gasteiger partial charge in [0, 0.05) is 25.2 Å². The number of hydrogen-bond donors (Lipinski definition) is 1. The zero-order chi connectivity index (χ0) is 11.6. The average molecular weight is 226 g/mol. The van der Waals surface area contributed by atoms with Crippen LogP contribution >= 0.6 is 0 Å². The molecule has 1 aromatic rings. The van der Waals surface area contributed by atoms with E-state index in [0.29, 0.717) is 13.1 Å². The fourth-order valence-corrected chi connectivity index (χ4v) is 1.97. The smallest absolute Gasteiger partial charge is 0.261 e. The molecule has 0 spiro atoms. The van der Waals surface area contributed by atoms with Crippen molar-refractivity contribution in [1.82, 2.24) is 4.90 Å². The molecule has 2 rings (SSSR count). The van der Waals surface area contributed by atoms with E-state index in [1.54, 1.807) is 0 Å². The zero-order valence-corrected chi connectivity index (χ0v) is 9.13. The first kappa shape index (κ1) is 11.3. The molecular formula is C12H16F2N2. The number of hydrogen-bond acceptors (Lipinski definition) is 2. The molecule has 1 saturated heterocycles. The molecule has 0 aromatic heterocycles. The standard InChI is InChI=1S/C12H16F2N2/c13-12(14)6-8-16(9-12)7-5-10-1-3-11(15)4-2-10/h1-4H,5-9,15H2. The molecule has 16 heavy (non-hydrogen) atoms. The van der Waals surface area contributed by atoms with Gasteiger partial charge in [-0.15, -0.1) is 0 Å². The lowest BCUT2D eigenvalue weighted by Crippen LogP contribution is -2.27. The van der Waals surface area contributed by atoms with E-state index in [4.69, 9.17) is 5.73 Å². The van der Waals surface area contributed by atoms with Crippen molar-refractivity contribution < 1.29 is 8.78 Å². The summed E-state index contributed by atoms with van der Waals surface area (Å²) >= 11 is 0. The van der Waals surface area contributed by atoms with Crippen molar-refractivity contribution in [1.29, 1.82) is 0 Å². The lowest BCUT2D eigenvalue weighted by molar-refractivity contribution is 0.0123. The molecule has 2 N–H and O–H groups in total. The first-order chi connectivity index (χ1) is 7.55. The summed E-state index contributed by atoms with van der Waals surface area (Å²) in [5, 5.41) is 0. The SMILES string of the molecule is Nc1ccc(CCN2CCC(F)(F)C2)cc1. The van der Waals surface area contributed by atoms with Crippen molar-refractivity contribution in [3.8, 4) is 0 Å². The van der Waals surface area contributed by atoms with Gasteiger partial charge in [0.25, 0.3) is 5.92 Å². The van der Waals surface area contributed by atoms with Gasteiger partial charge in [0.05, 0.1) is 6.54 Å². The largest absolute Gasteiger partial charge is 0.399 e. The fourth-order valence-electron chi connectivity index (χ4n) is 1.97. The number of anilines is 1. The van der Waals surface area contributed by atoms with Gasteiger partial charge < -0.3 is 5.73 Å². The Labute approximate surface area is 94.0 Å². The summed E-state index contributed by atoms with van der Waals surface area (Å²) in [6, 6.07) is 7.58. The van der Waals surface area contributed by atoms with Gasteiger partial charge in [-0.3, -0.25) is 4.90 Å². The average Bonchev–Trinajstić information content (AvgIpc) is 2.58. The molecule has 88 valence electrons. The van der Waals surface area contributed by atoms with Gasteiger partial charge in [0.1, 0.15) is 0 Å². The summed E-state index contributed by atoms with van der Waals surface area (Å²) in [6.07, 6.45) is 0.797. The Morgan fingerprint density at radius 3 is 2.50 bits per heavy atom. The fraction of sp³-hybridized carbons (Fsp3) is 0.500. The van der Waals surface area contributed by atoms with E-state index < -0.39 is 5.92 Å². The minimum absolute atomic E-state index is 0.00522. The van der Waals surface area contributed by atoms with Crippen molar-refractivity contribution in [2.45, 2.75) is 18.8 Å². The molecule has 2 nitrogen and oxygen atoms in total. The number of nitrogens with two attached hydrogens (primary N) is 1. The van der Waals surface area contributed by atoms with Gasteiger partial charge in [-0.2, -0.15) is 0 Å². The van der Waals surface area contributed by atoms with Crippen LogP contribution in [-0.2, 0) is 6.42 Å². The predicted molar refractivity (Wildman–Crippen MR) is 60.6 cm³/mol. The Bertz CT molecular complexity index is 349. The molecule has 1 aromatic carbocycles. The van der Waals surface area contributed by atoms with Crippen molar-refractivity contribution >= 4 is 5.69 Å². The van der Waals surface area contributed by atoms with Crippen LogP contribution in [0.4, 0.5) is 14.5 Å². The van der Waals surface area contributed by atoms with E-state index in [1.165, 1.54) is 0 Å². The minimum atomic E-state index is -2.49. The first-order valence-corrected chi connectivity index (χ1v) is 5.50. The highest BCUT2D eigenvalue weighted by Gasteiger charge is 2.37. The number of likely N-dealkylation sites (tertiary alicyclic amines) is 1. The van der Waals surface area contributed by atoms with Crippen LogP contribution in [0.3, 0.4) is 0 Å². The molecular weight excluding hydrogens is 210 g/mol. The van der Waals surface area contributed by atoms with Crippen LogP contribution in [0.5, 0.6) is 0 Å². The van der Waals surface area contributed by atoms with E-state index >= 15 is 0 Å². The maximum Gasteiger partial charge on any atom is 0.261 e. The zero-order valence-electron chi connectivity index (χ0n) is 9.13. The van der Waals surface area contributed by atoms with Gasteiger partial charge in [0.15, 0.2) is 0 Å². The third kappa shape index (κ3) is 2.92. The molecule has 0 aliphatic carbocycles. The van der Waals surface area contributed by atoms with Crippen molar-refractivity contribution in [2.24, 2.45) is 0 Å². The third-order valence-electron chi connectivity index (χ3n) is 2.95. The van der Waals surface area contributed by atoms with Gasteiger partial charge in [-0.05, 0) is 24.1 Å². The monoisotopic (exact) mass is 226 g/mol. The van der Waals surface area contributed by atoms with Gasteiger partial charge in [0.2, 0.25) is 0 Å². The molecule has 0 bridgehead atoms. The maximum absolute atomic E-state index is 12.9. The quantitative estimate of drug-likeness (QED) is 0.800. The lowest BCUT2D eigenvalue weighted by Gasteiger charge is -2.15. The summed E-state index contributed by atoms with van der Waals surface area (Å²) in [7, 11) is 0. The number of alkyl halides is 2. The molecule has 0 atom stereocenters. The van der Waals surface area contributed by atoms with Crippen LogP contribution in [0.15, 0.2) is 24.3 Å². The summed E-state index contributed by atoms with van der Waals surface area (Å²) in [4.78, 5) is 1.82. The molecule has 1 heterocycles. The molecule has 1 aliphatic heterocycles. The van der Waals surface area contributed by atoms with Crippen molar-refractivity contribution in [2.75, 3.05) is 25.4 Å². The van der Waals surface area contributed by atoms with Crippen LogP contribution in [-0.4, -0.2) is 30.5 Å². The van der Waals surface area contributed by atoms with Crippen molar-refractivity contribution in [3.63, 3.8) is 0 Å². The number of nitrogens with zero attached hydrogens (tertiary/aromatic N) is 1. The van der Waals surface area contributed by atoms with Gasteiger partial charge >= 0.3 is 0 Å². The molecule has 1 aliphatic rings. The van der Waals surface area contributed by atoms with Crippen LogP contribution in [0.1, 0.15) is 12.0 Å². The molecule has 0 amide bonds.